The predicted molar refractivity (Wildman–Crippen MR) is 161 cm³/mol. The lowest BCUT2D eigenvalue weighted by Crippen LogP contribution is -2.48. The Morgan fingerprint density at radius 2 is 1.64 bits per heavy atom. The molecule has 3 heterocycles. The highest BCUT2D eigenvalue weighted by molar-refractivity contribution is 7.94. The number of methoxy groups -OCH3 is 1. The lowest BCUT2D eigenvalue weighted by atomic mass is 9.98. The summed E-state index contributed by atoms with van der Waals surface area (Å²) < 4.78 is 62.6. The maximum Gasteiger partial charge on any atom is 0.330 e. The molecule has 0 aliphatic carbocycles. The van der Waals surface area contributed by atoms with Gasteiger partial charge in [0.15, 0.2) is 0 Å². The Labute approximate surface area is 253 Å². The van der Waals surface area contributed by atoms with Gasteiger partial charge in [0.25, 0.3) is 0 Å². The summed E-state index contributed by atoms with van der Waals surface area (Å²) in [6.45, 7) is 7.52. The zero-order valence-electron chi connectivity index (χ0n) is 24.5. The van der Waals surface area contributed by atoms with Crippen molar-refractivity contribution in [3.63, 3.8) is 0 Å². The van der Waals surface area contributed by atoms with E-state index in [9.17, 15) is 22.0 Å². The minimum absolute atomic E-state index is 0.00872. The average Bonchev–Trinajstić information content (AvgIpc) is 2.97. The second kappa shape index (κ2) is 12.2. The van der Waals surface area contributed by atoms with Crippen molar-refractivity contribution in [2.24, 2.45) is 5.41 Å². The van der Waals surface area contributed by atoms with E-state index in [1.54, 1.807) is 25.8 Å². The molecule has 0 bridgehead atoms. The van der Waals surface area contributed by atoms with Crippen molar-refractivity contribution in [2.75, 3.05) is 47.6 Å². The lowest BCUT2D eigenvalue weighted by molar-refractivity contribution is -0.201. The molecule has 232 valence electrons. The standard InChI is InChI=1S/C29H31F2N7O5S/c1-29(2,3)28(39)43-38-11-9-37(10-12-38)26-21-13-18(5-7-23(21)33-17-34-26)19-14-25(27(42-4)32-16-19)36-44(40,41)35-24-8-6-20(30)15-22(24)31/h5-8,13-17,35-36H,9-12H2,1-4H3. The fourth-order valence-corrected chi connectivity index (χ4v) is 5.39. The number of piperazine rings is 1. The number of anilines is 3. The molecule has 5 rings (SSSR count). The first-order valence-corrected chi connectivity index (χ1v) is 15.1. The van der Waals surface area contributed by atoms with Gasteiger partial charge in [-0.2, -0.15) is 8.42 Å². The topological polar surface area (TPSA) is 139 Å². The van der Waals surface area contributed by atoms with Crippen molar-refractivity contribution in [2.45, 2.75) is 20.8 Å². The first-order valence-electron chi connectivity index (χ1n) is 13.6. The number of rotatable bonds is 8. The van der Waals surface area contributed by atoms with Crippen molar-refractivity contribution in [1.82, 2.24) is 20.0 Å². The van der Waals surface area contributed by atoms with E-state index in [2.05, 4.69) is 24.6 Å². The van der Waals surface area contributed by atoms with E-state index in [1.807, 2.05) is 22.9 Å². The number of benzene rings is 2. The van der Waals surface area contributed by atoms with Gasteiger partial charge >= 0.3 is 16.2 Å². The van der Waals surface area contributed by atoms with Gasteiger partial charge in [-0.05, 0) is 56.7 Å². The van der Waals surface area contributed by atoms with Crippen LogP contribution in [-0.2, 0) is 19.8 Å². The Morgan fingerprint density at radius 3 is 2.32 bits per heavy atom. The Hall–Kier alpha value is -4.63. The monoisotopic (exact) mass is 627 g/mol. The van der Waals surface area contributed by atoms with Gasteiger partial charge in [0, 0.05) is 36.3 Å². The summed E-state index contributed by atoms with van der Waals surface area (Å²) >= 11 is 0. The maximum atomic E-state index is 14.1. The summed E-state index contributed by atoms with van der Waals surface area (Å²) in [5.41, 5.74) is 0.895. The van der Waals surface area contributed by atoms with Crippen LogP contribution < -0.4 is 19.1 Å². The molecule has 2 aromatic heterocycles. The van der Waals surface area contributed by atoms with Crippen LogP contribution in [0.4, 0.5) is 26.0 Å². The van der Waals surface area contributed by atoms with Crippen molar-refractivity contribution < 1.29 is 31.6 Å². The second-order valence-corrected chi connectivity index (χ2v) is 12.5. The number of nitrogens with one attached hydrogen (secondary N) is 2. The van der Waals surface area contributed by atoms with E-state index in [0.29, 0.717) is 54.7 Å². The van der Waals surface area contributed by atoms with Gasteiger partial charge < -0.3 is 14.5 Å². The minimum Gasteiger partial charge on any atom is -0.479 e. The summed E-state index contributed by atoms with van der Waals surface area (Å²) in [5, 5.41) is 2.42. The Bertz CT molecular complexity index is 1810. The van der Waals surface area contributed by atoms with E-state index in [4.69, 9.17) is 9.57 Å². The molecule has 0 radical (unpaired) electrons. The Kier molecular flexibility index (Phi) is 8.52. The van der Waals surface area contributed by atoms with Crippen LogP contribution in [0.25, 0.3) is 22.0 Å². The molecule has 1 saturated heterocycles. The van der Waals surface area contributed by atoms with Crippen LogP contribution in [0.2, 0.25) is 0 Å². The van der Waals surface area contributed by atoms with Crippen molar-refractivity contribution in [3.8, 4) is 17.0 Å². The molecule has 1 fully saturated rings. The van der Waals surface area contributed by atoms with E-state index < -0.39 is 32.9 Å². The zero-order valence-corrected chi connectivity index (χ0v) is 25.3. The third-order valence-corrected chi connectivity index (χ3v) is 7.75. The molecule has 0 saturated carbocycles. The molecule has 0 amide bonds. The largest absolute Gasteiger partial charge is 0.479 e. The number of aromatic nitrogens is 3. The predicted octanol–water partition coefficient (Wildman–Crippen LogP) is 4.37. The number of ether oxygens (including phenoxy) is 1. The molecule has 4 aromatic rings. The number of fused-ring (bicyclic) bond motifs is 1. The molecule has 12 nitrogen and oxygen atoms in total. The number of carbonyl (C=O) groups is 1. The van der Waals surface area contributed by atoms with Gasteiger partial charge in [-0.1, -0.05) is 6.07 Å². The highest BCUT2D eigenvalue weighted by Gasteiger charge is 2.28. The number of pyridine rings is 1. The molecule has 2 aromatic carbocycles. The average molecular weight is 628 g/mol. The van der Waals surface area contributed by atoms with Crippen molar-refractivity contribution in [1.29, 1.82) is 0 Å². The fraction of sp³-hybridized carbons (Fsp3) is 0.310. The maximum absolute atomic E-state index is 14.1. The number of halogens is 2. The summed E-state index contributed by atoms with van der Waals surface area (Å²) in [6, 6.07) is 9.52. The molecule has 15 heteroatoms. The van der Waals surface area contributed by atoms with Gasteiger partial charge in [-0.15, -0.1) is 5.06 Å². The molecule has 0 spiro atoms. The van der Waals surface area contributed by atoms with Gasteiger partial charge in [-0.3, -0.25) is 9.44 Å². The van der Waals surface area contributed by atoms with Crippen LogP contribution in [-0.4, -0.2) is 67.7 Å². The first kappa shape index (κ1) is 30.8. The van der Waals surface area contributed by atoms with Crippen LogP contribution in [0.15, 0.2) is 55.0 Å². The van der Waals surface area contributed by atoms with Gasteiger partial charge in [0.2, 0.25) is 5.88 Å². The summed E-state index contributed by atoms with van der Waals surface area (Å²) in [5.74, 6) is -1.53. The van der Waals surface area contributed by atoms with Crippen molar-refractivity contribution >= 4 is 44.3 Å². The fourth-order valence-electron chi connectivity index (χ4n) is 4.45. The number of hydrogen-bond donors (Lipinski definition) is 2. The molecule has 2 N–H and O–H groups in total. The number of nitrogens with zero attached hydrogens (tertiary/aromatic N) is 5. The Balaban J connectivity index is 1.39. The Morgan fingerprint density at radius 1 is 0.909 bits per heavy atom. The highest BCUT2D eigenvalue weighted by Crippen LogP contribution is 2.33. The van der Waals surface area contributed by atoms with E-state index >= 15 is 0 Å². The van der Waals surface area contributed by atoms with Gasteiger partial charge in [-0.25, -0.2) is 28.5 Å². The van der Waals surface area contributed by atoms with Crippen LogP contribution in [0.1, 0.15) is 20.8 Å². The summed E-state index contributed by atoms with van der Waals surface area (Å²) in [6.07, 6.45) is 3.01. The third kappa shape index (κ3) is 6.94. The van der Waals surface area contributed by atoms with Gasteiger partial charge in [0.1, 0.15) is 29.5 Å². The normalized spacial score (nSPS) is 14.4. The molecule has 1 aliphatic heterocycles. The SMILES string of the molecule is COc1ncc(-c2ccc3ncnc(N4CCN(OC(=O)C(C)(C)C)CC4)c3c2)cc1NS(=O)(=O)Nc1ccc(F)cc1F. The molecule has 44 heavy (non-hydrogen) atoms. The summed E-state index contributed by atoms with van der Waals surface area (Å²) in [7, 11) is -3.05. The number of hydroxylamine groups is 2. The zero-order chi connectivity index (χ0) is 31.6. The van der Waals surface area contributed by atoms with Crippen LogP contribution >= 0.6 is 0 Å². The molecule has 1 aliphatic rings. The van der Waals surface area contributed by atoms with Crippen molar-refractivity contribution in [3.05, 3.63) is 66.6 Å². The third-order valence-electron chi connectivity index (χ3n) is 6.77. The lowest BCUT2D eigenvalue weighted by Gasteiger charge is -2.35. The van der Waals surface area contributed by atoms with Crippen LogP contribution in [0.3, 0.4) is 0 Å². The molecular formula is C29H31F2N7O5S. The number of hydrogen-bond acceptors (Lipinski definition) is 10. The van der Waals surface area contributed by atoms with Crippen LogP contribution in [0.5, 0.6) is 5.88 Å². The smallest absolute Gasteiger partial charge is 0.330 e. The molecule has 0 unspecified atom stereocenters. The van der Waals surface area contributed by atoms with E-state index in [1.165, 1.54) is 25.7 Å². The number of carbonyl (C=O) groups excluding carboxylic acids is 1. The second-order valence-electron chi connectivity index (χ2n) is 11.1. The highest BCUT2D eigenvalue weighted by atomic mass is 32.2. The minimum atomic E-state index is -4.38. The quantitative estimate of drug-likeness (QED) is 0.290. The van der Waals surface area contributed by atoms with Crippen LogP contribution in [0, 0.1) is 17.0 Å². The molecular weight excluding hydrogens is 596 g/mol. The molecule has 0 atom stereocenters. The van der Waals surface area contributed by atoms with E-state index in [0.717, 1.165) is 17.5 Å². The first-order chi connectivity index (χ1) is 20.8. The van der Waals surface area contributed by atoms with E-state index in [-0.39, 0.29) is 17.5 Å². The summed E-state index contributed by atoms with van der Waals surface area (Å²) in [4.78, 5) is 33.1. The van der Waals surface area contributed by atoms with Gasteiger partial charge in [0.05, 0.1) is 36.8 Å².